The molecule has 1 unspecified atom stereocenters. The smallest absolute Gasteiger partial charge is 0.143 e. The van der Waals surface area contributed by atoms with Crippen LogP contribution in [-0.2, 0) is 11.3 Å². The highest BCUT2D eigenvalue weighted by atomic mass is 35.5. The lowest BCUT2D eigenvalue weighted by Gasteiger charge is -2.24. The van der Waals surface area contributed by atoms with Crippen LogP contribution in [0.1, 0.15) is 25.0 Å². The Morgan fingerprint density at radius 3 is 3.00 bits per heavy atom. The molecule has 2 heterocycles. The second-order valence-electron chi connectivity index (χ2n) is 5.67. The number of methoxy groups -OCH3 is 1. The summed E-state index contributed by atoms with van der Waals surface area (Å²) in [6.07, 6.45) is 5.63. The monoisotopic (exact) mass is 320 g/mol. The van der Waals surface area contributed by atoms with E-state index in [4.69, 9.17) is 21.1 Å². The maximum atomic E-state index is 6.16. The van der Waals surface area contributed by atoms with E-state index in [1.54, 1.807) is 7.11 Å². The van der Waals surface area contributed by atoms with Gasteiger partial charge in [-0.1, -0.05) is 11.6 Å². The van der Waals surface area contributed by atoms with Crippen LogP contribution >= 0.6 is 11.6 Å². The van der Waals surface area contributed by atoms with Crippen molar-refractivity contribution >= 4 is 11.6 Å². The molecule has 0 N–H and O–H groups in total. The van der Waals surface area contributed by atoms with Gasteiger partial charge in [0.15, 0.2) is 0 Å². The standard InChI is InChI=1S/C17H21ClN2O2/c1-12-10-19-17(15-9-13(18)6-7-16(15)21-2)20(12)11-14-5-3-4-8-22-14/h6-7,9-10,14H,3-5,8,11H2,1-2H3. The van der Waals surface area contributed by atoms with E-state index in [1.807, 2.05) is 24.4 Å². The Bertz CT molecular complexity index is 648. The average molecular weight is 321 g/mol. The number of aromatic nitrogens is 2. The van der Waals surface area contributed by atoms with Gasteiger partial charge in [-0.2, -0.15) is 0 Å². The highest BCUT2D eigenvalue weighted by Gasteiger charge is 2.20. The molecule has 0 bridgehead atoms. The van der Waals surface area contributed by atoms with E-state index < -0.39 is 0 Å². The number of benzene rings is 1. The Kier molecular flexibility index (Phi) is 4.69. The van der Waals surface area contributed by atoms with Crippen LogP contribution in [0.4, 0.5) is 0 Å². The zero-order chi connectivity index (χ0) is 15.5. The predicted molar refractivity (Wildman–Crippen MR) is 87.6 cm³/mol. The number of ether oxygens (including phenoxy) is 2. The zero-order valence-corrected chi connectivity index (χ0v) is 13.8. The van der Waals surface area contributed by atoms with Crippen molar-refractivity contribution in [1.82, 2.24) is 9.55 Å². The van der Waals surface area contributed by atoms with Gasteiger partial charge in [-0.15, -0.1) is 0 Å². The largest absolute Gasteiger partial charge is 0.496 e. The molecule has 1 aromatic heterocycles. The minimum Gasteiger partial charge on any atom is -0.496 e. The molecular weight excluding hydrogens is 300 g/mol. The first kappa shape index (κ1) is 15.4. The van der Waals surface area contributed by atoms with Crippen LogP contribution in [0.2, 0.25) is 5.02 Å². The maximum Gasteiger partial charge on any atom is 0.143 e. The van der Waals surface area contributed by atoms with Gasteiger partial charge in [-0.3, -0.25) is 0 Å². The first-order chi connectivity index (χ1) is 10.7. The summed E-state index contributed by atoms with van der Waals surface area (Å²) >= 11 is 6.16. The van der Waals surface area contributed by atoms with Gasteiger partial charge in [0, 0.05) is 23.5 Å². The second kappa shape index (κ2) is 6.71. The molecule has 3 rings (SSSR count). The molecule has 0 amide bonds. The van der Waals surface area contributed by atoms with Crippen molar-refractivity contribution in [3.63, 3.8) is 0 Å². The Balaban J connectivity index is 1.96. The fraction of sp³-hybridized carbons (Fsp3) is 0.471. The molecule has 0 radical (unpaired) electrons. The molecule has 0 saturated carbocycles. The van der Waals surface area contributed by atoms with Crippen molar-refractivity contribution in [2.75, 3.05) is 13.7 Å². The van der Waals surface area contributed by atoms with Gasteiger partial charge in [0.2, 0.25) is 0 Å². The molecule has 1 fully saturated rings. The van der Waals surface area contributed by atoms with Gasteiger partial charge < -0.3 is 14.0 Å². The van der Waals surface area contributed by atoms with Gasteiger partial charge in [0.25, 0.3) is 0 Å². The van der Waals surface area contributed by atoms with E-state index in [1.165, 1.54) is 6.42 Å². The van der Waals surface area contributed by atoms with Crippen LogP contribution in [0.25, 0.3) is 11.4 Å². The second-order valence-corrected chi connectivity index (χ2v) is 6.10. The van der Waals surface area contributed by atoms with E-state index in [0.29, 0.717) is 5.02 Å². The number of hydrogen-bond acceptors (Lipinski definition) is 3. The molecule has 1 aliphatic rings. The number of rotatable bonds is 4. The molecule has 4 nitrogen and oxygen atoms in total. The van der Waals surface area contributed by atoms with Gasteiger partial charge in [0.05, 0.1) is 25.3 Å². The summed E-state index contributed by atoms with van der Waals surface area (Å²) in [6, 6.07) is 5.61. The maximum absolute atomic E-state index is 6.16. The molecular formula is C17H21ClN2O2. The van der Waals surface area contributed by atoms with Crippen LogP contribution in [0.15, 0.2) is 24.4 Å². The summed E-state index contributed by atoms with van der Waals surface area (Å²) in [5.41, 5.74) is 2.03. The Hall–Kier alpha value is -1.52. The van der Waals surface area contributed by atoms with E-state index >= 15 is 0 Å². The molecule has 0 spiro atoms. The van der Waals surface area contributed by atoms with Crippen molar-refractivity contribution in [2.24, 2.45) is 0 Å². The Morgan fingerprint density at radius 2 is 2.27 bits per heavy atom. The summed E-state index contributed by atoms with van der Waals surface area (Å²) < 4.78 is 13.5. The molecule has 1 saturated heterocycles. The van der Waals surface area contributed by atoms with Gasteiger partial charge in [-0.05, 0) is 44.4 Å². The number of hydrogen-bond donors (Lipinski definition) is 0. The average Bonchev–Trinajstić information content (AvgIpc) is 2.89. The van der Waals surface area contributed by atoms with Crippen molar-refractivity contribution in [1.29, 1.82) is 0 Å². The molecule has 1 atom stereocenters. The summed E-state index contributed by atoms with van der Waals surface area (Å²) in [5, 5.41) is 0.678. The SMILES string of the molecule is COc1ccc(Cl)cc1-c1ncc(C)n1CC1CCCCO1. The van der Waals surface area contributed by atoms with Gasteiger partial charge >= 0.3 is 0 Å². The quantitative estimate of drug-likeness (QED) is 0.851. The normalized spacial score (nSPS) is 18.4. The van der Waals surface area contributed by atoms with Crippen LogP contribution in [0.3, 0.4) is 0 Å². The van der Waals surface area contributed by atoms with Crippen molar-refractivity contribution in [3.8, 4) is 17.1 Å². The number of aryl methyl sites for hydroxylation is 1. The van der Waals surface area contributed by atoms with E-state index in [2.05, 4.69) is 16.5 Å². The van der Waals surface area contributed by atoms with Gasteiger partial charge in [-0.25, -0.2) is 4.98 Å². The predicted octanol–water partition coefficient (Wildman–Crippen LogP) is 4.09. The zero-order valence-electron chi connectivity index (χ0n) is 13.0. The summed E-state index contributed by atoms with van der Waals surface area (Å²) in [7, 11) is 1.66. The van der Waals surface area contributed by atoms with Crippen LogP contribution in [0, 0.1) is 6.92 Å². The van der Waals surface area contributed by atoms with Crippen molar-refractivity contribution < 1.29 is 9.47 Å². The van der Waals surface area contributed by atoms with E-state index in [0.717, 1.165) is 48.8 Å². The lowest BCUT2D eigenvalue weighted by molar-refractivity contribution is 0.00595. The van der Waals surface area contributed by atoms with Crippen LogP contribution in [0.5, 0.6) is 5.75 Å². The molecule has 22 heavy (non-hydrogen) atoms. The fourth-order valence-electron chi connectivity index (χ4n) is 2.92. The summed E-state index contributed by atoms with van der Waals surface area (Å²) in [6.45, 7) is 3.74. The van der Waals surface area contributed by atoms with E-state index in [9.17, 15) is 0 Å². The Labute approximate surface area is 136 Å². The minimum absolute atomic E-state index is 0.255. The topological polar surface area (TPSA) is 36.3 Å². The first-order valence-electron chi connectivity index (χ1n) is 7.66. The Morgan fingerprint density at radius 1 is 1.41 bits per heavy atom. The summed E-state index contributed by atoms with van der Waals surface area (Å²) in [5.74, 6) is 1.66. The third-order valence-corrected chi connectivity index (χ3v) is 4.35. The van der Waals surface area contributed by atoms with Crippen LogP contribution in [-0.4, -0.2) is 29.4 Å². The third kappa shape index (κ3) is 3.13. The molecule has 2 aromatic rings. The molecule has 5 heteroatoms. The third-order valence-electron chi connectivity index (χ3n) is 4.12. The number of imidazole rings is 1. The fourth-order valence-corrected chi connectivity index (χ4v) is 3.09. The van der Waals surface area contributed by atoms with Crippen molar-refractivity contribution in [3.05, 3.63) is 35.1 Å². The number of halogens is 1. The lowest BCUT2D eigenvalue weighted by atomic mass is 10.1. The van der Waals surface area contributed by atoms with Gasteiger partial charge in [0.1, 0.15) is 11.6 Å². The molecule has 118 valence electrons. The minimum atomic E-state index is 0.255. The van der Waals surface area contributed by atoms with E-state index in [-0.39, 0.29) is 6.10 Å². The number of nitrogens with zero attached hydrogens (tertiary/aromatic N) is 2. The van der Waals surface area contributed by atoms with Crippen LogP contribution < -0.4 is 4.74 Å². The molecule has 1 aromatic carbocycles. The molecule has 1 aliphatic heterocycles. The molecule has 0 aliphatic carbocycles. The highest BCUT2D eigenvalue weighted by molar-refractivity contribution is 6.30. The lowest BCUT2D eigenvalue weighted by Crippen LogP contribution is -2.25. The first-order valence-corrected chi connectivity index (χ1v) is 8.04. The van der Waals surface area contributed by atoms with Crippen molar-refractivity contribution in [2.45, 2.75) is 38.8 Å². The summed E-state index contributed by atoms with van der Waals surface area (Å²) in [4.78, 5) is 4.57. The highest BCUT2D eigenvalue weighted by Crippen LogP contribution is 2.32.